The molecule has 0 amide bonds. The van der Waals surface area contributed by atoms with Gasteiger partial charge in [0.1, 0.15) is 12.4 Å². The number of esters is 1. The molecule has 1 N–H and O–H groups in total. The van der Waals surface area contributed by atoms with Crippen LogP contribution in [0.2, 0.25) is 0 Å². The smallest absolute Gasteiger partial charge is 0.338 e. The lowest BCUT2D eigenvalue weighted by atomic mass is 10.1. The largest absolute Gasteiger partial charge is 0.489 e. The molecule has 3 aromatic rings. The maximum atomic E-state index is 12.3. The molecule has 25 heavy (non-hydrogen) atoms. The predicted octanol–water partition coefficient (Wildman–Crippen LogP) is 3.63. The summed E-state index contributed by atoms with van der Waals surface area (Å²) in [4.78, 5) is 27.0. The molecule has 5 nitrogen and oxygen atoms in total. The summed E-state index contributed by atoms with van der Waals surface area (Å²) in [5, 5.41) is 0. The van der Waals surface area contributed by atoms with Gasteiger partial charge in [-0.25, -0.2) is 4.79 Å². The topological polar surface area (TPSA) is 68.4 Å². The molecule has 0 bridgehead atoms. The number of hydrogen-bond acceptors (Lipinski definition) is 4. The van der Waals surface area contributed by atoms with Gasteiger partial charge in [0.2, 0.25) is 5.78 Å². The zero-order chi connectivity index (χ0) is 17.5. The van der Waals surface area contributed by atoms with Crippen molar-refractivity contribution in [3.63, 3.8) is 0 Å². The average Bonchev–Trinajstić information content (AvgIpc) is 3.20. The number of H-pyrrole nitrogens is 1. The van der Waals surface area contributed by atoms with Gasteiger partial charge < -0.3 is 14.5 Å². The van der Waals surface area contributed by atoms with Gasteiger partial charge in [0.15, 0.2) is 6.61 Å². The number of carbonyl (C=O) groups is 2. The van der Waals surface area contributed by atoms with E-state index in [2.05, 4.69) is 4.98 Å². The third kappa shape index (κ3) is 4.35. The van der Waals surface area contributed by atoms with E-state index in [0.29, 0.717) is 22.6 Å². The highest BCUT2D eigenvalue weighted by molar-refractivity contribution is 5.98. The molecule has 1 heterocycles. The van der Waals surface area contributed by atoms with E-state index in [4.69, 9.17) is 9.47 Å². The zero-order valence-corrected chi connectivity index (χ0v) is 13.5. The van der Waals surface area contributed by atoms with Gasteiger partial charge in [-0.1, -0.05) is 36.4 Å². The molecule has 0 radical (unpaired) electrons. The minimum absolute atomic E-state index is 0.236. The Morgan fingerprint density at radius 1 is 0.880 bits per heavy atom. The van der Waals surface area contributed by atoms with Gasteiger partial charge >= 0.3 is 5.97 Å². The number of ketones is 1. The number of ether oxygens (including phenoxy) is 2. The molecule has 5 heteroatoms. The fourth-order valence-corrected chi connectivity index (χ4v) is 2.31. The summed E-state index contributed by atoms with van der Waals surface area (Å²) in [6.07, 6.45) is 1.64. The Morgan fingerprint density at radius 2 is 1.64 bits per heavy atom. The van der Waals surface area contributed by atoms with E-state index in [9.17, 15) is 9.59 Å². The summed E-state index contributed by atoms with van der Waals surface area (Å²) in [7, 11) is 0. The minimum atomic E-state index is -0.549. The fraction of sp³-hybridized carbons (Fsp3) is 0.100. The van der Waals surface area contributed by atoms with Crippen molar-refractivity contribution in [1.29, 1.82) is 0 Å². The molecule has 126 valence electrons. The Kier molecular flexibility index (Phi) is 5.26. The van der Waals surface area contributed by atoms with Crippen LogP contribution in [-0.2, 0) is 11.3 Å². The molecule has 0 aliphatic heterocycles. The van der Waals surface area contributed by atoms with E-state index in [0.717, 1.165) is 0 Å². The summed E-state index contributed by atoms with van der Waals surface area (Å²) < 4.78 is 10.8. The first kappa shape index (κ1) is 16.5. The number of Topliss-reactive ketones (excluding diaryl/α,β-unsaturated/α-hetero) is 1. The predicted molar refractivity (Wildman–Crippen MR) is 92.6 cm³/mol. The molecule has 0 saturated heterocycles. The number of hydrogen-bond donors (Lipinski definition) is 1. The lowest BCUT2D eigenvalue weighted by molar-refractivity contribution is 0.0471. The van der Waals surface area contributed by atoms with Crippen molar-refractivity contribution in [3.05, 3.63) is 89.7 Å². The lowest BCUT2D eigenvalue weighted by Gasteiger charge is -2.10. The molecule has 0 fully saturated rings. The SMILES string of the molecule is O=C(COC(=O)c1ccccc1COc1ccccc1)c1ccc[nH]1. The average molecular weight is 335 g/mol. The second-order valence-electron chi connectivity index (χ2n) is 5.34. The van der Waals surface area contributed by atoms with Gasteiger partial charge in [-0.15, -0.1) is 0 Å². The third-order valence-electron chi connectivity index (χ3n) is 3.61. The number of nitrogens with one attached hydrogen (secondary N) is 1. The van der Waals surface area contributed by atoms with E-state index in [1.807, 2.05) is 36.4 Å². The zero-order valence-electron chi connectivity index (χ0n) is 13.5. The number of benzene rings is 2. The molecular weight excluding hydrogens is 318 g/mol. The second kappa shape index (κ2) is 7.97. The highest BCUT2D eigenvalue weighted by Crippen LogP contribution is 2.15. The maximum Gasteiger partial charge on any atom is 0.338 e. The lowest BCUT2D eigenvalue weighted by Crippen LogP contribution is -2.16. The Morgan fingerprint density at radius 3 is 2.40 bits per heavy atom. The van der Waals surface area contributed by atoms with E-state index >= 15 is 0 Å². The van der Waals surface area contributed by atoms with Gasteiger partial charge in [-0.05, 0) is 30.3 Å². The summed E-state index contributed by atoms with van der Waals surface area (Å²) in [6, 6.07) is 19.7. The number of aromatic nitrogens is 1. The Hall–Kier alpha value is -3.34. The van der Waals surface area contributed by atoms with E-state index in [-0.39, 0.29) is 19.0 Å². The van der Waals surface area contributed by atoms with Crippen LogP contribution in [0.25, 0.3) is 0 Å². The summed E-state index contributed by atoms with van der Waals surface area (Å²) in [6.45, 7) is -0.0763. The van der Waals surface area contributed by atoms with Crippen LogP contribution in [0.15, 0.2) is 72.9 Å². The molecule has 3 rings (SSSR count). The first-order valence-corrected chi connectivity index (χ1v) is 7.83. The Labute approximate surface area is 145 Å². The number of aromatic amines is 1. The van der Waals surface area contributed by atoms with Crippen molar-refractivity contribution in [2.45, 2.75) is 6.61 Å². The summed E-state index contributed by atoms with van der Waals surface area (Å²) >= 11 is 0. The normalized spacial score (nSPS) is 10.2. The van der Waals surface area contributed by atoms with Crippen molar-refractivity contribution < 1.29 is 19.1 Å². The van der Waals surface area contributed by atoms with Crippen LogP contribution >= 0.6 is 0 Å². The van der Waals surface area contributed by atoms with Gasteiger partial charge in [0.25, 0.3) is 0 Å². The molecular formula is C20H17NO4. The second-order valence-corrected chi connectivity index (χ2v) is 5.34. The first-order chi connectivity index (χ1) is 12.2. The number of para-hydroxylation sites is 1. The van der Waals surface area contributed by atoms with Crippen molar-refractivity contribution >= 4 is 11.8 Å². The van der Waals surface area contributed by atoms with Gasteiger partial charge in [0.05, 0.1) is 11.3 Å². The molecule has 0 saturated carbocycles. The quantitative estimate of drug-likeness (QED) is 0.529. The highest BCUT2D eigenvalue weighted by atomic mass is 16.5. The molecule has 0 aliphatic rings. The van der Waals surface area contributed by atoms with Crippen LogP contribution in [0.4, 0.5) is 0 Å². The monoisotopic (exact) mass is 335 g/mol. The van der Waals surface area contributed by atoms with Crippen molar-refractivity contribution in [2.24, 2.45) is 0 Å². The molecule has 1 aromatic heterocycles. The van der Waals surface area contributed by atoms with Crippen molar-refractivity contribution in [3.8, 4) is 5.75 Å². The fourth-order valence-electron chi connectivity index (χ4n) is 2.31. The molecule has 0 spiro atoms. The Bertz CT molecular complexity index is 841. The summed E-state index contributed by atoms with van der Waals surface area (Å²) in [5.74, 6) is -0.115. The van der Waals surface area contributed by atoms with Crippen LogP contribution in [-0.4, -0.2) is 23.3 Å². The van der Waals surface area contributed by atoms with Gasteiger partial charge in [0, 0.05) is 11.8 Å². The number of carbonyl (C=O) groups excluding carboxylic acids is 2. The third-order valence-corrected chi connectivity index (χ3v) is 3.61. The van der Waals surface area contributed by atoms with Crippen LogP contribution in [0.3, 0.4) is 0 Å². The highest BCUT2D eigenvalue weighted by Gasteiger charge is 2.15. The van der Waals surface area contributed by atoms with Crippen LogP contribution in [0, 0.1) is 0 Å². The van der Waals surface area contributed by atoms with Crippen LogP contribution < -0.4 is 4.74 Å². The molecule has 0 unspecified atom stereocenters. The van der Waals surface area contributed by atoms with E-state index in [1.54, 1.807) is 36.5 Å². The molecule has 2 aromatic carbocycles. The molecule has 0 atom stereocenters. The van der Waals surface area contributed by atoms with Crippen LogP contribution in [0.5, 0.6) is 5.75 Å². The maximum absolute atomic E-state index is 12.3. The number of rotatable bonds is 7. The van der Waals surface area contributed by atoms with Crippen molar-refractivity contribution in [1.82, 2.24) is 4.98 Å². The molecule has 0 aliphatic carbocycles. The van der Waals surface area contributed by atoms with Gasteiger partial charge in [-0.3, -0.25) is 4.79 Å². The summed E-state index contributed by atoms with van der Waals surface area (Å²) in [5.41, 5.74) is 1.50. The van der Waals surface area contributed by atoms with Crippen molar-refractivity contribution in [2.75, 3.05) is 6.61 Å². The van der Waals surface area contributed by atoms with E-state index < -0.39 is 5.97 Å². The van der Waals surface area contributed by atoms with Gasteiger partial charge in [-0.2, -0.15) is 0 Å². The van der Waals surface area contributed by atoms with E-state index in [1.165, 1.54) is 0 Å². The van der Waals surface area contributed by atoms with Crippen LogP contribution in [0.1, 0.15) is 26.4 Å². The Balaban J connectivity index is 1.63. The minimum Gasteiger partial charge on any atom is -0.489 e. The first-order valence-electron chi connectivity index (χ1n) is 7.83. The standard InChI is InChI=1S/C20H17NO4/c22-19(18-11-6-12-21-18)14-25-20(23)17-10-5-4-7-15(17)13-24-16-8-2-1-3-9-16/h1-12,21H,13-14H2.